The second-order valence-electron chi connectivity index (χ2n) is 39.9. The molecule has 147 heavy (non-hydrogen) atoms. The summed E-state index contributed by atoms with van der Waals surface area (Å²) in [4.78, 5) is 144. The van der Waals surface area contributed by atoms with Crippen LogP contribution in [0.2, 0.25) is 0 Å². The van der Waals surface area contributed by atoms with E-state index in [1.54, 1.807) is 52.1 Å². The summed E-state index contributed by atoms with van der Waals surface area (Å²) in [5, 5.41) is 15.4. The summed E-state index contributed by atoms with van der Waals surface area (Å²) in [6.45, 7) is 17.9. The summed E-state index contributed by atoms with van der Waals surface area (Å²) < 4.78 is 9.76. The lowest BCUT2D eigenvalue weighted by Gasteiger charge is -2.45. The number of para-hydroxylation sites is 1. The van der Waals surface area contributed by atoms with Crippen molar-refractivity contribution in [3.05, 3.63) is 263 Å². The molecule has 5 saturated carbocycles. The van der Waals surface area contributed by atoms with Gasteiger partial charge in [0.2, 0.25) is 29.5 Å². The molecule has 5 N–H and O–H groups in total. The Morgan fingerprint density at radius 3 is 0.986 bits per heavy atom. The van der Waals surface area contributed by atoms with E-state index in [2.05, 4.69) is 179 Å². The molecule has 5 aliphatic carbocycles. The molecule has 0 radical (unpaired) electrons. The molecule has 0 heterocycles. The number of rotatable bonds is 39. The molecule has 5 fully saturated rings. The Balaban J connectivity index is 0.000000205. The largest absolute Gasteiger partial charge is 0.497 e. The van der Waals surface area contributed by atoms with Crippen LogP contribution in [0.25, 0.3) is 0 Å². The molecular formula is C121H155I5N10O11. The zero-order valence-corrected chi connectivity index (χ0v) is 98.2. The predicted molar refractivity (Wildman–Crippen MR) is 635 cm³/mol. The Kier molecular flexibility index (Phi) is 54.6. The number of anilines is 1. The van der Waals surface area contributed by atoms with Crippen molar-refractivity contribution in [2.45, 2.75) is 309 Å². The number of hydrogen-bond acceptors (Lipinski definition) is 11. The molecule has 8 aromatic carbocycles. The molecule has 0 saturated heterocycles. The summed E-state index contributed by atoms with van der Waals surface area (Å²) in [6, 6.07) is 61.5. The standard InChI is InChI=1S/C29H25IN2O3.C25H37IN2O2.C23H35IN2O2.2C22H29IN2O2/c1-35-24-18-16-22(17-19-24)27(28(33)31-20-21-10-4-2-5-11-21)32(23-12-6-3-7-13-23)29(34)25-14-8-9-15-26(25)30;1-2-3-18-27-24(29)23(19-12-6-4-7-13-19)28(20-14-8-5-9-15-20)25(30)21-16-10-11-17-22(21)26;1-5-6-16-25-21(27)20(17-12-8-7-9-13-17)26(23(2,3)4)22(28)18-14-10-11-15-19(18)24;2*1-3-5-15-24-21(26)20(17-11-7-6-8-12-17)25(16-4-2)22(27)18-13-9-10-14-19(18)23/h2-19,27H,20H2,1H3,(H,31,33);10-11,16-17,19-20,23H,2-9,12-15,18H2,1H3,(H,27,29);10-11,14-15,17,20H,5-9,12-13,16H2,1-4H3,(H,25,27);2*2,9-10,13-14,17,20H,3,5-8,11-12,15-16H2,1H3,(H,24,26). The van der Waals surface area contributed by atoms with Gasteiger partial charge in [-0.25, -0.2) is 0 Å². The zero-order chi connectivity index (χ0) is 106. The van der Waals surface area contributed by atoms with Crippen LogP contribution < -0.4 is 36.2 Å². The van der Waals surface area contributed by atoms with E-state index in [1.807, 2.05) is 206 Å². The molecule has 0 aliphatic heterocycles. The van der Waals surface area contributed by atoms with Crippen LogP contribution >= 0.6 is 113 Å². The summed E-state index contributed by atoms with van der Waals surface area (Å²) in [5.41, 5.74) is 5.01. The third-order valence-corrected chi connectivity index (χ3v) is 32.9. The van der Waals surface area contributed by atoms with Gasteiger partial charge in [-0.1, -0.05) is 283 Å². The number of ether oxygens (including phenoxy) is 1. The Hall–Kier alpha value is -8.97. The fourth-order valence-electron chi connectivity index (χ4n) is 20.6. The molecule has 10 amide bonds. The van der Waals surface area contributed by atoms with Crippen LogP contribution in [0, 0.1) is 66.2 Å². The van der Waals surface area contributed by atoms with E-state index < -0.39 is 29.7 Å². The topological polar surface area (TPSA) is 256 Å². The molecule has 13 rings (SSSR count). The van der Waals surface area contributed by atoms with Crippen LogP contribution in [-0.2, 0) is 30.5 Å². The lowest BCUT2D eigenvalue weighted by molar-refractivity contribution is -0.130. The highest BCUT2D eigenvalue weighted by molar-refractivity contribution is 14.1. The van der Waals surface area contributed by atoms with Gasteiger partial charge in [0.05, 0.1) is 48.0 Å². The zero-order valence-electron chi connectivity index (χ0n) is 87.5. The number of halogens is 5. The fourth-order valence-corrected chi connectivity index (χ4v) is 23.6. The van der Waals surface area contributed by atoms with Crippen LogP contribution in [0.3, 0.4) is 0 Å². The van der Waals surface area contributed by atoms with Crippen LogP contribution in [0.5, 0.6) is 5.75 Å². The van der Waals surface area contributed by atoms with Crippen molar-refractivity contribution in [3.8, 4) is 30.4 Å². The van der Waals surface area contributed by atoms with Gasteiger partial charge in [0.1, 0.15) is 36.0 Å². The quantitative estimate of drug-likeness (QED) is 0.0137. The first kappa shape index (κ1) is 122. The van der Waals surface area contributed by atoms with E-state index in [9.17, 15) is 47.9 Å². The second-order valence-corrected chi connectivity index (χ2v) is 45.7. The van der Waals surface area contributed by atoms with Gasteiger partial charge in [0.25, 0.3) is 29.5 Å². The third kappa shape index (κ3) is 37.2. The Morgan fingerprint density at radius 2 is 0.646 bits per heavy atom. The van der Waals surface area contributed by atoms with Crippen molar-refractivity contribution >= 4 is 178 Å². The number of unbranched alkanes of at least 4 members (excludes halogenated alkanes) is 4. The highest BCUT2D eigenvalue weighted by Gasteiger charge is 2.46. The minimum Gasteiger partial charge on any atom is -0.497 e. The molecular weight excluding hydrogens is 2400 g/mol. The van der Waals surface area contributed by atoms with Crippen molar-refractivity contribution in [3.63, 3.8) is 0 Å². The van der Waals surface area contributed by atoms with Crippen LogP contribution in [0.15, 0.2) is 206 Å². The number of benzene rings is 8. The van der Waals surface area contributed by atoms with Gasteiger partial charge >= 0.3 is 0 Å². The van der Waals surface area contributed by atoms with Gasteiger partial charge in [-0.15, -0.1) is 12.8 Å². The molecule has 26 heteroatoms. The number of nitrogens with one attached hydrogen (secondary N) is 5. The smallest absolute Gasteiger partial charge is 0.260 e. The maximum Gasteiger partial charge on any atom is 0.260 e. The van der Waals surface area contributed by atoms with E-state index >= 15 is 0 Å². The number of hydrogen-bond donors (Lipinski definition) is 5. The first-order valence-corrected chi connectivity index (χ1v) is 58.9. The predicted octanol–water partition coefficient (Wildman–Crippen LogP) is 25.8. The SMILES string of the molecule is C#CCN(C(=O)c1ccccc1I)C(C(=O)NCCCC)C1CCCCC1.C#CCN(C(=O)c1ccccc1I)C(C(=O)NCCCC)C1CCCCC1.CCCCNC(=O)C(C1CCCCC1)N(C(=O)c1ccccc1I)C(C)(C)C.CCCCNC(=O)C(C1CCCCC1)N(C(=O)c1ccccc1I)C1CCCCC1.COc1ccc(C(C(=O)NCc2ccccc2)N(C(=O)c2ccccc2I)c2ccccc2)cc1. The van der Waals surface area contributed by atoms with Crippen molar-refractivity contribution in [1.29, 1.82) is 0 Å². The number of amides is 10. The van der Waals surface area contributed by atoms with Crippen molar-refractivity contribution in [2.24, 2.45) is 23.7 Å². The lowest BCUT2D eigenvalue weighted by Crippen LogP contribution is -2.60. The fraction of sp³-hybridized carbons (Fsp3) is 0.488. The van der Waals surface area contributed by atoms with Crippen molar-refractivity contribution in [1.82, 2.24) is 46.2 Å². The first-order valence-electron chi connectivity index (χ1n) is 53.5. The van der Waals surface area contributed by atoms with E-state index in [1.165, 1.54) is 44.9 Å². The molecule has 790 valence electrons. The second kappa shape index (κ2) is 66.0. The number of nitrogens with zero attached hydrogens (tertiary/aromatic N) is 5. The van der Waals surface area contributed by atoms with E-state index in [0.29, 0.717) is 72.0 Å². The van der Waals surface area contributed by atoms with E-state index in [-0.39, 0.29) is 108 Å². The molecule has 5 aliphatic rings. The first-order chi connectivity index (χ1) is 71.2. The third-order valence-electron chi connectivity index (χ3n) is 28.2. The molecule has 21 nitrogen and oxygen atoms in total. The van der Waals surface area contributed by atoms with E-state index in [4.69, 9.17) is 17.6 Å². The monoisotopic (exact) mass is 2560 g/mol. The summed E-state index contributed by atoms with van der Waals surface area (Å²) in [5.74, 6) is 5.82. The van der Waals surface area contributed by atoms with E-state index in [0.717, 1.165) is 196 Å². The van der Waals surface area contributed by atoms with Gasteiger partial charge in [-0.05, 0) is 343 Å². The molecule has 0 bridgehead atoms. The van der Waals surface area contributed by atoms with Crippen molar-refractivity contribution in [2.75, 3.05) is 51.3 Å². The Morgan fingerprint density at radius 1 is 0.347 bits per heavy atom. The molecule has 5 atom stereocenters. The Labute approximate surface area is 944 Å². The average Bonchev–Trinajstić information content (AvgIpc) is 0.778. The average molecular weight is 2560 g/mol. The minimum absolute atomic E-state index is 0.00886. The molecule has 0 aromatic heterocycles. The highest BCUT2D eigenvalue weighted by atomic mass is 127. The molecule has 5 unspecified atom stereocenters. The molecule has 0 spiro atoms. The van der Waals surface area contributed by atoms with Gasteiger partial charge in [-0.3, -0.25) is 52.8 Å². The Bertz CT molecular complexity index is 5410. The van der Waals surface area contributed by atoms with Crippen LogP contribution in [0.4, 0.5) is 5.69 Å². The van der Waals surface area contributed by atoms with Gasteiger partial charge < -0.3 is 50.9 Å². The summed E-state index contributed by atoms with van der Waals surface area (Å²) in [7, 11) is 1.59. The summed E-state index contributed by atoms with van der Waals surface area (Å²) >= 11 is 10.9. The van der Waals surface area contributed by atoms with Crippen LogP contribution in [0.1, 0.15) is 329 Å². The van der Waals surface area contributed by atoms with Crippen LogP contribution in [-0.4, -0.2) is 161 Å². The van der Waals surface area contributed by atoms with Gasteiger partial charge in [0.15, 0.2) is 0 Å². The minimum atomic E-state index is -0.893. The lowest BCUT2D eigenvalue weighted by atomic mass is 9.81. The van der Waals surface area contributed by atoms with Gasteiger partial charge in [-0.2, -0.15) is 0 Å². The maximum atomic E-state index is 14.0. The maximum absolute atomic E-state index is 14.0. The normalized spacial score (nSPS) is 15.5. The number of methoxy groups -OCH3 is 1. The molecule has 8 aromatic rings. The number of terminal acetylenes is 2. The van der Waals surface area contributed by atoms with Gasteiger partial charge in [0, 0.05) is 67.8 Å². The van der Waals surface area contributed by atoms with Crippen molar-refractivity contribution < 1.29 is 52.7 Å². The number of carbonyl (C=O) groups is 10. The highest BCUT2D eigenvalue weighted by Crippen LogP contribution is 2.40. The summed E-state index contributed by atoms with van der Waals surface area (Å²) in [6.07, 6.45) is 46.5. The number of carbonyl (C=O) groups excluding carboxylic acids is 10.